The van der Waals surface area contributed by atoms with Crippen LogP contribution >= 0.6 is 11.6 Å². The van der Waals surface area contributed by atoms with E-state index in [0.29, 0.717) is 28.4 Å². The highest BCUT2D eigenvalue weighted by molar-refractivity contribution is 6.30. The minimum atomic E-state index is -0.261. The third kappa shape index (κ3) is 7.25. The first-order valence-electron chi connectivity index (χ1n) is 13.8. The van der Waals surface area contributed by atoms with E-state index < -0.39 is 0 Å². The molecule has 0 aromatic heterocycles. The number of hydrogen-bond donors (Lipinski definition) is 2. The van der Waals surface area contributed by atoms with E-state index in [9.17, 15) is 9.59 Å². The summed E-state index contributed by atoms with van der Waals surface area (Å²) in [5.41, 5.74) is 3.51. The van der Waals surface area contributed by atoms with E-state index >= 15 is 0 Å². The van der Waals surface area contributed by atoms with Gasteiger partial charge in [0.15, 0.2) is 0 Å². The standard InChI is InChI=1S/C31H38ClN5O3/c1-4-35(5-2)17-16-33-31(39)26-22-25(34-30(38)23-10-12-24(32)13-11-23)14-15-27(26)36-18-20-37(21-19-36)28-8-6-7-9-29(28)40-3/h6-15,22H,4-5,16-21H2,1-3H3,(H,33,39)(H,34,38). The molecule has 0 unspecified atom stereocenters. The summed E-state index contributed by atoms with van der Waals surface area (Å²) in [6, 6.07) is 20.3. The van der Waals surface area contributed by atoms with Crippen LogP contribution in [-0.2, 0) is 0 Å². The van der Waals surface area contributed by atoms with Gasteiger partial charge in [-0.1, -0.05) is 37.6 Å². The minimum absolute atomic E-state index is 0.156. The summed E-state index contributed by atoms with van der Waals surface area (Å²) in [5, 5.41) is 6.58. The summed E-state index contributed by atoms with van der Waals surface area (Å²) >= 11 is 5.97. The molecule has 2 N–H and O–H groups in total. The molecule has 9 heteroatoms. The SMILES string of the molecule is CCN(CC)CCNC(=O)c1cc(NC(=O)c2ccc(Cl)cc2)ccc1N1CCN(c2ccccc2OC)CC1. The highest BCUT2D eigenvalue weighted by atomic mass is 35.5. The molecule has 0 saturated carbocycles. The minimum Gasteiger partial charge on any atom is -0.495 e. The number of likely N-dealkylation sites (N-methyl/N-ethyl adjacent to an activating group) is 1. The van der Waals surface area contributed by atoms with Crippen molar-refractivity contribution in [2.75, 3.05) is 74.6 Å². The Morgan fingerprint density at radius 3 is 2.17 bits per heavy atom. The largest absolute Gasteiger partial charge is 0.495 e. The van der Waals surface area contributed by atoms with Crippen molar-refractivity contribution in [3.05, 3.63) is 82.9 Å². The lowest BCUT2D eigenvalue weighted by Crippen LogP contribution is -2.47. The second-order valence-corrected chi connectivity index (χ2v) is 10.1. The molecule has 3 aromatic carbocycles. The molecule has 2 amide bonds. The fourth-order valence-electron chi connectivity index (χ4n) is 4.92. The van der Waals surface area contributed by atoms with Crippen molar-refractivity contribution in [2.24, 2.45) is 0 Å². The number of methoxy groups -OCH3 is 1. The van der Waals surface area contributed by atoms with Crippen LogP contribution in [0.3, 0.4) is 0 Å². The van der Waals surface area contributed by atoms with E-state index in [1.165, 1.54) is 0 Å². The van der Waals surface area contributed by atoms with Crippen LogP contribution < -0.4 is 25.2 Å². The fraction of sp³-hybridized carbons (Fsp3) is 0.355. The average molecular weight is 564 g/mol. The Hall–Kier alpha value is -3.75. The summed E-state index contributed by atoms with van der Waals surface area (Å²) in [6.07, 6.45) is 0. The summed E-state index contributed by atoms with van der Waals surface area (Å²) in [7, 11) is 1.69. The maximum Gasteiger partial charge on any atom is 0.255 e. The maximum absolute atomic E-state index is 13.5. The molecule has 40 heavy (non-hydrogen) atoms. The molecule has 1 aliphatic heterocycles. The van der Waals surface area contributed by atoms with Gasteiger partial charge in [-0.25, -0.2) is 0 Å². The quantitative estimate of drug-likeness (QED) is 0.342. The first-order valence-corrected chi connectivity index (χ1v) is 14.2. The van der Waals surface area contributed by atoms with Crippen molar-refractivity contribution in [1.82, 2.24) is 10.2 Å². The third-order valence-electron chi connectivity index (χ3n) is 7.26. The Kier molecular flexibility index (Phi) is 10.3. The van der Waals surface area contributed by atoms with Crippen LogP contribution in [0.1, 0.15) is 34.6 Å². The molecule has 1 saturated heterocycles. The maximum atomic E-state index is 13.5. The third-order valence-corrected chi connectivity index (χ3v) is 7.51. The number of nitrogens with zero attached hydrogens (tertiary/aromatic N) is 3. The smallest absolute Gasteiger partial charge is 0.255 e. The van der Waals surface area contributed by atoms with Gasteiger partial charge in [0.2, 0.25) is 0 Å². The molecule has 0 spiro atoms. The van der Waals surface area contributed by atoms with Gasteiger partial charge in [-0.3, -0.25) is 9.59 Å². The normalized spacial score (nSPS) is 13.3. The van der Waals surface area contributed by atoms with Gasteiger partial charge < -0.3 is 30.1 Å². The number of benzene rings is 3. The molecule has 8 nitrogen and oxygen atoms in total. The van der Waals surface area contributed by atoms with E-state index in [4.69, 9.17) is 16.3 Å². The summed E-state index contributed by atoms with van der Waals surface area (Å²) in [5.74, 6) is 0.435. The number of para-hydroxylation sites is 2. The van der Waals surface area contributed by atoms with Gasteiger partial charge in [0.1, 0.15) is 5.75 Å². The average Bonchev–Trinajstić information content (AvgIpc) is 2.99. The van der Waals surface area contributed by atoms with Crippen LogP contribution in [0.5, 0.6) is 5.75 Å². The lowest BCUT2D eigenvalue weighted by atomic mass is 10.1. The number of nitrogens with one attached hydrogen (secondary N) is 2. The number of carbonyl (C=O) groups is 2. The number of halogens is 1. The zero-order chi connectivity index (χ0) is 28.5. The summed E-state index contributed by atoms with van der Waals surface area (Å²) in [6.45, 7) is 10.5. The molecule has 4 rings (SSSR count). The number of amides is 2. The first kappa shape index (κ1) is 29.2. The van der Waals surface area contributed by atoms with Crippen molar-refractivity contribution >= 4 is 40.5 Å². The van der Waals surface area contributed by atoms with Crippen molar-refractivity contribution in [1.29, 1.82) is 0 Å². The zero-order valence-corrected chi connectivity index (χ0v) is 24.2. The number of carbonyl (C=O) groups excluding carboxylic acids is 2. The number of hydrogen-bond acceptors (Lipinski definition) is 6. The zero-order valence-electron chi connectivity index (χ0n) is 23.5. The van der Waals surface area contributed by atoms with Gasteiger partial charge in [-0.2, -0.15) is 0 Å². The molecular weight excluding hydrogens is 526 g/mol. The van der Waals surface area contributed by atoms with Crippen molar-refractivity contribution < 1.29 is 14.3 Å². The highest BCUT2D eigenvalue weighted by Gasteiger charge is 2.24. The van der Waals surface area contributed by atoms with Gasteiger partial charge in [-0.05, 0) is 67.7 Å². The Morgan fingerprint density at radius 1 is 0.875 bits per heavy atom. The lowest BCUT2D eigenvalue weighted by molar-refractivity contribution is 0.0948. The molecule has 1 aliphatic rings. The monoisotopic (exact) mass is 563 g/mol. The van der Waals surface area contributed by atoms with Crippen LogP contribution in [0.25, 0.3) is 0 Å². The molecule has 0 atom stereocenters. The molecule has 1 heterocycles. The molecule has 0 radical (unpaired) electrons. The molecule has 0 aliphatic carbocycles. The van der Waals surface area contributed by atoms with Crippen LogP contribution in [0.15, 0.2) is 66.7 Å². The Bertz CT molecular complexity index is 1290. The predicted octanol–water partition coefficient (Wildman–Crippen LogP) is 5.00. The van der Waals surface area contributed by atoms with E-state index in [1.807, 2.05) is 30.3 Å². The van der Waals surface area contributed by atoms with Gasteiger partial charge in [0, 0.05) is 61.2 Å². The van der Waals surface area contributed by atoms with Crippen LogP contribution in [-0.4, -0.2) is 76.2 Å². The molecular formula is C31H38ClN5O3. The Labute approximate surface area is 241 Å². The molecule has 0 bridgehead atoms. The first-order chi connectivity index (χ1) is 19.4. The lowest BCUT2D eigenvalue weighted by Gasteiger charge is -2.38. The van der Waals surface area contributed by atoms with Gasteiger partial charge >= 0.3 is 0 Å². The second kappa shape index (κ2) is 14.1. The highest BCUT2D eigenvalue weighted by Crippen LogP contribution is 2.31. The van der Waals surface area contributed by atoms with E-state index in [2.05, 4.69) is 45.2 Å². The molecule has 212 valence electrons. The number of anilines is 3. The van der Waals surface area contributed by atoms with Gasteiger partial charge in [-0.15, -0.1) is 0 Å². The van der Waals surface area contributed by atoms with Crippen molar-refractivity contribution in [2.45, 2.75) is 13.8 Å². The fourth-order valence-corrected chi connectivity index (χ4v) is 5.04. The summed E-state index contributed by atoms with van der Waals surface area (Å²) < 4.78 is 5.56. The number of rotatable bonds is 11. The number of piperazine rings is 1. The Balaban J connectivity index is 1.52. The summed E-state index contributed by atoms with van der Waals surface area (Å²) in [4.78, 5) is 33.1. The number of ether oxygens (including phenoxy) is 1. The van der Waals surface area contributed by atoms with Crippen molar-refractivity contribution in [3.63, 3.8) is 0 Å². The predicted molar refractivity (Wildman–Crippen MR) is 163 cm³/mol. The van der Waals surface area contributed by atoms with Crippen LogP contribution in [0.2, 0.25) is 5.02 Å². The van der Waals surface area contributed by atoms with E-state index in [0.717, 1.165) is 62.9 Å². The second-order valence-electron chi connectivity index (χ2n) is 9.62. The molecule has 3 aromatic rings. The van der Waals surface area contributed by atoms with Gasteiger partial charge in [0.05, 0.1) is 18.4 Å². The van der Waals surface area contributed by atoms with E-state index in [1.54, 1.807) is 37.4 Å². The Morgan fingerprint density at radius 2 is 1.52 bits per heavy atom. The van der Waals surface area contributed by atoms with E-state index in [-0.39, 0.29) is 11.8 Å². The van der Waals surface area contributed by atoms with Crippen LogP contribution in [0.4, 0.5) is 17.1 Å². The molecule has 1 fully saturated rings. The van der Waals surface area contributed by atoms with Crippen LogP contribution in [0, 0.1) is 0 Å². The van der Waals surface area contributed by atoms with Gasteiger partial charge in [0.25, 0.3) is 11.8 Å². The topological polar surface area (TPSA) is 77.2 Å². The van der Waals surface area contributed by atoms with Crippen molar-refractivity contribution in [3.8, 4) is 5.75 Å².